The number of para-hydroxylation sites is 2. The first-order valence-corrected chi connectivity index (χ1v) is 11.5. The number of aromatic nitrogens is 3. The van der Waals surface area contributed by atoms with Crippen molar-refractivity contribution in [3.63, 3.8) is 0 Å². The van der Waals surface area contributed by atoms with E-state index in [2.05, 4.69) is 0 Å². The highest BCUT2D eigenvalue weighted by Gasteiger charge is 2.20. The van der Waals surface area contributed by atoms with Crippen molar-refractivity contribution in [3.8, 4) is 11.4 Å². The first-order valence-electron chi connectivity index (χ1n) is 10.4. The maximum atomic E-state index is 6.16. The molecule has 0 spiro atoms. The minimum absolute atomic E-state index is 0.431. The molecule has 0 saturated heterocycles. The summed E-state index contributed by atoms with van der Waals surface area (Å²) in [7, 11) is 0. The van der Waals surface area contributed by atoms with Crippen LogP contribution in [-0.2, 0) is 0 Å². The third-order valence-electron chi connectivity index (χ3n) is 4.88. The summed E-state index contributed by atoms with van der Waals surface area (Å²) in [5, 5.41) is 0. The SMILES string of the molecule is ClCCN(c1ccccc1)c1nc(-c2ccccc2)nc(N(CCCl)c2ccccc2)n1. The second-order valence-corrected chi connectivity index (χ2v) is 7.73. The van der Waals surface area contributed by atoms with Gasteiger partial charge in [0.25, 0.3) is 0 Å². The zero-order valence-corrected chi connectivity index (χ0v) is 19.0. The van der Waals surface area contributed by atoms with Crippen LogP contribution in [0, 0.1) is 0 Å². The second-order valence-electron chi connectivity index (χ2n) is 6.98. The number of hydrogen-bond donors (Lipinski definition) is 0. The van der Waals surface area contributed by atoms with Crippen molar-refractivity contribution < 1.29 is 0 Å². The lowest BCUT2D eigenvalue weighted by Gasteiger charge is -2.26. The van der Waals surface area contributed by atoms with Crippen molar-refractivity contribution in [1.82, 2.24) is 15.0 Å². The van der Waals surface area contributed by atoms with Crippen LogP contribution in [0.4, 0.5) is 23.3 Å². The summed E-state index contributed by atoms with van der Waals surface area (Å²) < 4.78 is 0. The van der Waals surface area contributed by atoms with Crippen LogP contribution in [0.2, 0.25) is 0 Å². The van der Waals surface area contributed by atoms with E-state index in [0.29, 0.717) is 42.6 Å². The summed E-state index contributed by atoms with van der Waals surface area (Å²) in [6.45, 7) is 1.12. The summed E-state index contributed by atoms with van der Waals surface area (Å²) in [5.74, 6) is 2.53. The van der Waals surface area contributed by atoms with Gasteiger partial charge in [0.05, 0.1) is 0 Å². The maximum absolute atomic E-state index is 6.16. The van der Waals surface area contributed by atoms with Crippen molar-refractivity contribution in [2.24, 2.45) is 0 Å². The van der Waals surface area contributed by atoms with Crippen LogP contribution in [-0.4, -0.2) is 39.8 Å². The summed E-state index contributed by atoms with van der Waals surface area (Å²) in [5.41, 5.74) is 2.84. The van der Waals surface area contributed by atoms with Gasteiger partial charge in [-0.3, -0.25) is 0 Å². The first-order chi connectivity index (χ1) is 15.8. The molecule has 0 atom stereocenters. The number of hydrogen-bond acceptors (Lipinski definition) is 5. The Bertz CT molecular complexity index is 1040. The molecule has 0 aliphatic heterocycles. The zero-order chi connectivity index (χ0) is 22.2. The van der Waals surface area contributed by atoms with Crippen LogP contribution in [0.3, 0.4) is 0 Å². The molecule has 0 aliphatic carbocycles. The van der Waals surface area contributed by atoms with Gasteiger partial charge in [-0.25, -0.2) is 0 Å². The van der Waals surface area contributed by atoms with Crippen molar-refractivity contribution in [2.45, 2.75) is 0 Å². The van der Waals surface area contributed by atoms with Gasteiger partial charge in [-0.1, -0.05) is 66.7 Å². The average molecular weight is 464 g/mol. The second kappa shape index (κ2) is 10.9. The normalized spacial score (nSPS) is 10.7. The van der Waals surface area contributed by atoms with Gasteiger partial charge < -0.3 is 9.80 Å². The van der Waals surface area contributed by atoms with Crippen LogP contribution in [0.25, 0.3) is 11.4 Å². The molecule has 0 amide bonds. The maximum Gasteiger partial charge on any atom is 0.235 e. The fourth-order valence-corrected chi connectivity index (χ4v) is 3.72. The molecule has 0 aliphatic rings. The van der Waals surface area contributed by atoms with E-state index < -0.39 is 0 Å². The Morgan fingerprint density at radius 3 is 1.34 bits per heavy atom. The molecular formula is C25H23Cl2N5. The van der Waals surface area contributed by atoms with E-state index in [1.807, 2.05) is 101 Å². The standard InChI is InChI=1S/C25H23Cl2N5/c26-16-18-31(21-12-6-2-7-13-21)24-28-23(20-10-4-1-5-11-20)29-25(30-24)32(19-17-27)22-14-8-3-9-15-22/h1-15H,16-19H2. The topological polar surface area (TPSA) is 45.2 Å². The van der Waals surface area contributed by atoms with Gasteiger partial charge in [-0.15, -0.1) is 23.2 Å². The van der Waals surface area contributed by atoms with Crippen LogP contribution in [0.15, 0.2) is 91.0 Å². The van der Waals surface area contributed by atoms with Gasteiger partial charge in [-0.2, -0.15) is 15.0 Å². The Labute approximate surface area is 198 Å². The third-order valence-corrected chi connectivity index (χ3v) is 5.22. The number of halogens is 2. The molecule has 0 unspecified atom stereocenters. The first kappa shape index (κ1) is 22.1. The van der Waals surface area contributed by atoms with Crippen molar-refractivity contribution in [3.05, 3.63) is 91.0 Å². The van der Waals surface area contributed by atoms with Gasteiger partial charge in [0.15, 0.2) is 5.82 Å². The molecule has 0 N–H and O–H groups in total. The van der Waals surface area contributed by atoms with E-state index in [0.717, 1.165) is 16.9 Å². The summed E-state index contributed by atoms with van der Waals surface area (Å²) in [6.07, 6.45) is 0. The molecule has 4 aromatic rings. The molecule has 0 radical (unpaired) electrons. The van der Waals surface area contributed by atoms with E-state index >= 15 is 0 Å². The summed E-state index contributed by atoms with van der Waals surface area (Å²) >= 11 is 12.3. The van der Waals surface area contributed by atoms with E-state index in [1.165, 1.54) is 0 Å². The minimum atomic E-state index is 0.431. The average Bonchev–Trinajstić information content (AvgIpc) is 2.87. The predicted octanol–water partition coefficient (Wildman–Crippen LogP) is 6.29. The lowest BCUT2D eigenvalue weighted by Crippen LogP contribution is -2.26. The quantitative estimate of drug-likeness (QED) is 0.272. The number of nitrogens with zero attached hydrogens (tertiary/aromatic N) is 5. The van der Waals surface area contributed by atoms with Gasteiger partial charge in [0.2, 0.25) is 11.9 Å². The van der Waals surface area contributed by atoms with Crippen LogP contribution >= 0.6 is 23.2 Å². The van der Waals surface area contributed by atoms with Crippen molar-refractivity contribution >= 4 is 46.5 Å². The van der Waals surface area contributed by atoms with E-state index in [4.69, 9.17) is 38.2 Å². The smallest absolute Gasteiger partial charge is 0.235 e. The molecule has 7 heteroatoms. The molecule has 3 aromatic carbocycles. The zero-order valence-electron chi connectivity index (χ0n) is 17.5. The number of benzene rings is 3. The molecule has 1 aromatic heterocycles. The highest BCUT2D eigenvalue weighted by atomic mass is 35.5. The van der Waals surface area contributed by atoms with Crippen LogP contribution < -0.4 is 9.80 Å². The van der Waals surface area contributed by atoms with Crippen molar-refractivity contribution in [1.29, 1.82) is 0 Å². The van der Waals surface area contributed by atoms with Crippen molar-refractivity contribution in [2.75, 3.05) is 34.6 Å². The number of alkyl halides is 2. The molecule has 0 bridgehead atoms. The Hall–Kier alpha value is -3.15. The largest absolute Gasteiger partial charge is 0.309 e. The Balaban J connectivity index is 1.88. The molecule has 0 fully saturated rings. The van der Waals surface area contributed by atoms with Gasteiger partial charge >= 0.3 is 0 Å². The fraction of sp³-hybridized carbons (Fsp3) is 0.160. The van der Waals surface area contributed by atoms with E-state index in [9.17, 15) is 0 Å². The molecule has 0 saturated carbocycles. The van der Waals surface area contributed by atoms with Gasteiger partial charge in [0.1, 0.15) is 0 Å². The van der Waals surface area contributed by atoms with E-state index in [1.54, 1.807) is 0 Å². The van der Waals surface area contributed by atoms with Crippen LogP contribution in [0.5, 0.6) is 0 Å². The predicted molar refractivity (Wildman–Crippen MR) is 134 cm³/mol. The number of anilines is 4. The lowest BCUT2D eigenvalue weighted by atomic mass is 10.2. The molecule has 1 heterocycles. The minimum Gasteiger partial charge on any atom is -0.309 e. The summed E-state index contributed by atoms with van der Waals surface area (Å²) in [6, 6.07) is 29.9. The molecule has 4 rings (SSSR count). The fourth-order valence-electron chi connectivity index (χ4n) is 3.39. The molecular weight excluding hydrogens is 441 g/mol. The van der Waals surface area contributed by atoms with E-state index in [-0.39, 0.29) is 0 Å². The molecule has 32 heavy (non-hydrogen) atoms. The third kappa shape index (κ3) is 5.18. The molecule has 5 nitrogen and oxygen atoms in total. The van der Waals surface area contributed by atoms with Crippen LogP contribution in [0.1, 0.15) is 0 Å². The Morgan fingerprint density at radius 1 is 0.531 bits per heavy atom. The lowest BCUT2D eigenvalue weighted by molar-refractivity contribution is 0.889. The Kier molecular flexibility index (Phi) is 7.54. The molecule has 162 valence electrons. The monoisotopic (exact) mass is 463 g/mol. The highest BCUT2D eigenvalue weighted by molar-refractivity contribution is 6.18. The highest BCUT2D eigenvalue weighted by Crippen LogP contribution is 2.29. The number of rotatable bonds is 9. The van der Waals surface area contributed by atoms with Gasteiger partial charge in [-0.05, 0) is 24.3 Å². The Morgan fingerprint density at radius 2 is 0.938 bits per heavy atom. The van der Waals surface area contributed by atoms with Gasteiger partial charge in [0, 0.05) is 41.8 Å². The summed E-state index contributed by atoms with van der Waals surface area (Å²) in [4.78, 5) is 18.5.